The molecule has 2 aromatic carbocycles. The second kappa shape index (κ2) is 6.51. The highest BCUT2D eigenvalue weighted by atomic mass is 16.7. The molecule has 0 aromatic heterocycles. The third-order valence-corrected chi connectivity index (χ3v) is 4.98. The molecule has 3 nitrogen and oxygen atoms in total. The van der Waals surface area contributed by atoms with Crippen LogP contribution in [0.1, 0.15) is 41.5 Å². The van der Waals surface area contributed by atoms with Gasteiger partial charge in [0.15, 0.2) is 0 Å². The van der Waals surface area contributed by atoms with Crippen LogP contribution < -0.4 is 10.2 Å². The van der Waals surface area contributed by atoms with E-state index in [1.54, 1.807) is 0 Å². The fourth-order valence-electron chi connectivity index (χ4n) is 2.87. The van der Waals surface area contributed by atoms with E-state index in [-0.39, 0.29) is 24.4 Å². The standard InChI is InChI=1S/C21H27BO3/c1-15(2)23-19-13-12-17(14-18(19)16-10-8-7-9-11-16)22-24-20(3,4)21(5,6)25-22/h7-15H,1-6H3. The van der Waals surface area contributed by atoms with Gasteiger partial charge in [0, 0.05) is 5.56 Å². The van der Waals surface area contributed by atoms with Gasteiger partial charge >= 0.3 is 7.12 Å². The molecule has 3 rings (SSSR count). The quantitative estimate of drug-likeness (QED) is 0.772. The summed E-state index contributed by atoms with van der Waals surface area (Å²) in [5.41, 5.74) is 2.49. The molecular formula is C21H27BO3. The monoisotopic (exact) mass is 338 g/mol. The van der Waals surface area contributed by atoms with Crippen LogP contribution in [-0.2, 0) is 9.31 Å². The van der Waals surface area contributed by atoms with Crippen molar-refractivity contribution in [2.45, 2.75) is 58.8 Å². The summed E-state index contributed by atoms with van der Waals surface area (Å²) >= 11 is 0. The Morgan fingerprint density at radius 3 is 2.04 bits per heavy atom. The molecule has 1 aliphatic rings. The van der Waals surface area contributed by atoms with E-state index in [1.807, 2.05) is 44.2 Å². The normalized spacial score (nSPS) is 18.6. The fraction of sp³-hybridized carbons (Fsp3) is 0.429. The Morgan fingerprint density at radius 1 is 0.880 bits per heavy atom. The Hall–Kier alpha value is -1.78. The molecule has 0 spiro atoms. The molecule has 4 heteroatoms. The van der Waals surface area contributed by atoms with Crippen molar-refractivity contribution in [1.29, 1.82) is 0 Å². The molecule has 0 amide bonds. The van der Waals surface area contributed by atoms with Gasteiger partial charge in [-0.15, -0.1) is 0 Å². The number of ether oxygens (including phenoxy) is 1. The molecule has 0 N–H and O–H groups in total. The van der Waals surface area contributed by atoms with Gasteiger partial charge in [-0.05, 0) is 58.6 Å². The maximum Gasteiger partial charge on any atom is 0.494 e. The lowest BCUT2D eigenvalue weighted by molar-refractivity contribution is 0.00578. The topological polar surface area (TPSA) is 27.7 Å². The van der Waals surface area contributed by atoms with Crippen LogP contribution in [0.2, 0.25) is 0 Å². The molecule has 0 bridgehead atoms. The largest absolute Gasteiger partial charge is 0.494 e. The summed E-state index contributed by atoms with van der Waals surface area (Å²) in [7, 11) is -0.374. The maximum atomic E-state index is 6.20. The zero-order chi connectivity index (χ0) is 18.2. The van der Waals surface area contributed by atoms with Crippen LogP contribution in [0.5, 0.6) is 5.75 Å². The van der Waals surface area contributed by atoms with E-state index >= 15 is 0 Å². The Balaban J connectivity index is 2.01. The summed E-state index contributed by atoms with van der Waals surface area (Å²) in [6.45, 7) is 12.4. The van der Waals surface area contributed by atoms with Gasteiger partial charge in [0.25, 0.3) is 0 Å². The van der Waals surface area contributed by atoms with Crippen molar-refractivity contribution >= 4 is 12.6 Å². The van der Waals surface area contributed by atoms with Gasteiger partial charge in [0.2, 0.25) is 0 Å². The van der Waals surface area contributed by atoms with E-state index in [0.717, 1.165) is 22.3 Å². The van der Waals surface area contributed by atoms with Gasteiger partial charge in [-0.2, -0.15) is 0 Å². The predicted molar refractivity (Wildman–Crippen MR) is 103 cm³/mol. The first-order valence-electron chi connectivity index (χ1n) is 8.91. The molecule has 1 saturated heterocycles. The molecule has 0 atom stereocenters. The molecule has 0 radical (unpaired) electrons. The van der Waals surface area contributed by atoms with Crippen LogP contribution in [0.25, 0.3) is 11.1 Å². The van der Waals surface area contributed by atoms with Crippen LogP contribution >= 0.6 is 0 Å². The van der Waals surface area contributed by atoms with Gasteiger partial charge in [-0.25, -0.2) is 0 Å². The summed E-state index contributed by atoms with van der Waals surface area (Å²) < 4.78 is 18.4. The minimum atomic E-state index is -0.374. The van der Waals surface area contributed by atoms with Gasteiger partial charge in [0.05, 0.1) is 17.3 Å². The van der Waals surface area contributed by atoms with E-state index in [9.17, 15) is 0 Å². The molecule has 0 saturated carbocycles. The van der Waals surface area contributed by atoms with Crippen LogP contribution in [0.15, 0.2) is 48.5 Å². The Labute approximate surface area is 151 Å². The SMILES string of the molecule is CC(C)Oc1ccc(B2OC(C)(C)C(C)(C)O2)cc1-c1ccccc1. The van der Waals surface area contributed by atoms with E-state index in [1.165, 1.54) is 0 Å². The van der Waals surface area contributed by atoms with Crippen LogP contribution in [-0.4, -0.2) is 24.4 Å². The molecule has 0 unspecified atom stereocenters. The number of hydrogen-bond acceptors (Lipinski definition) is 3. The first-order valence-corrected chi connectivity index (χ1v) is 8.91. The first kappa shape index (κ1) is 18.0. The average molecular weight is 338 g/mol. The third kappa shape index (κ3) is 3.60. The van der Waals surface area contributed by atoms with Crippen LogP contribution in [0.4, 0.5) is 0 Å². The van der Waals surface area contributed by atoms with E-state index in [4.69, 9.17) is 14.0 Å². The number of benzene rings is 2. The molecule has 1 aliphatic heterocycles. The lowest BCUT2D eigenvalue weighted by Crippen LogP contribution is -2.41. The summed E-state index contributed by atoms with van der Waals surface area (Å²) in [6, 6.07) is 16.5. The minimum Gasteiger partial charge on any atom is -0.490 e. The van der Waals surface area contributed by atoms with E-state index in [0.29, 0.717) is 0 Å². The zero-order valence-corrected chi connectivity index (χ0v) is 16.0. The molecule has 1 fully saturated rings. The maximum absolute atomic E-state index is 6.20. The molecule has 0 aliphatic carbocycles. The molecule has 132 valence electrons. The number of rotatable bonds is 4. The van der Waals surface area contributed by atoms with Crippen molar-refractivity contribution < 1.29 is 14.0 Å². The van der Waals surface area contributed by atoms with Gasteiger partial charge in [-0.1, -0.05) is 42.5 Å². The number of hydrogen-bond donors (Lipinski definition) is 0. The fourth-order valence-corrected chi connectivity index (χ4v) is 2.87. The van der Waals surface area contributed by atoms with Crippen molar-refractivity contribution in [3.63, 3.8) is 0 Å². The second-order valence-electron chi connectivity index (χ2n) is 7.88. The lowest BCUT2D eigenvalue weighted by Gasteiger charge is -2.32. The van der Waals surface area contributed by atoms with Gasteiger partial charge in [0.1, 0.15) is 5.75 Å². The lowest BCUT2D eigenvalue weighted by atomic mass is 9.77. The predicted octanol–water partition coefficient (Wildman–Crippen LogP) is 4.44. The second-order valence-corrected chi connectivity index (χ2v) is 7.88. The van der Waals surface area contributed by atoms with Crippen LogP contribution in [0, 0.1) is 0 Å². The third-order valence-electron chi connectivity index (χ3n) is 4.98. The Morgan fingerprint density at radius 2 is 1.48 bits per heavy atom. The summed E-state index contributed by atoms with van der Waals surface area (Å²) in [4.78, 5) is 0. The molecule has 1 heterocycles. The van der Waals surface area contributed by atoms with Crippen molar-refractivity contribution in [1.82, 2.24) is 0 Å². The van der Waals surface area contributed by atoms with E-state index in [2.05, 4.69) is 45.9 Å². The highest BCUT2D eigenvalue weighted by Gasteiger charge is 2.51. The molecular weight excluding hydrogens is 311 g/mol. The smallest absolute Gasteiger partial charge is 0.490 e. The van der Waals surface area contributed by atoms with E-state index < -0.39 is 0 Å². The summed E-state index contributed by atoms with van der Waals surface area (Å²) in [5, 5.41) is 0. The first-order chi connectivity index (χ1) is 11.7. The highest BCUT2D eigenvalue weighted by Crippen LogP contribution is 2.37. The molecule has 2 aromatic rings. The average Bonchev–Trinajstić information content (AvgIpc) is 2.76. The highest BCUT2D eigenvalue weighted by molar-refractivity contribution is 6.62. The summed E-state index contributed by atoms with van der Waals surface area (Å²) in [6.07, 6.45) is 0.116. The summed E-state index contributed by atoms with van der Waals surface area (Å²) in [5.74, 6) is 0.876. The van der Waals surface area contributed by atoms with Crippen molar-refractivity contribution in [3.05, 3.63) is 48.5 Å². The van der Waals surface area contributed by atoms with Crippen molar-refractivity contribution in [2.24, 2.45) is 0 Å². The Bertz CT molecular complexity index is 722. The van der Waals surface area contributed by atoms with Crippen molar-refractivity contribution in [2.75, 3.05) is 0 Å². The van der Waals surface area contributed by atoms with Crippen molar-refractivity contribution in [3.8, 4) is 16.9 Å². The van der Waals surface area contributed by atoms with Gasteiger partial charge in [-0.3, -0.25) is 0 Å². The van der Waals surface area contributed by atoms with Crippen LogP contribution in [0.3, 0.4) is 0 Å². The molecule has 25 heavy (non-hydrogen) atoms. The van der Waals surface area contributed by atoms with Gasteiger partial charge < -0.3 is 14.0 Å². The Kier molecular flexibility index (Phi) is 4.69. The zero-order valence-electron chi connectivity index (χ0n) is 16.0. The minimum absolute atomic E-state index is 0.116.